The Kier molecular flexibility index (Phi) is 6.69. The summed E-state index contributed by atoms with van der Waals surface area (Å²) in [5.74, 6) is -0.501. The van der Waals surface area contributed by atoms with E-state index in [4.69, 9.17) is 16.3 Å². The van der Waals surface area contributed by atoms with Gasteiger partial charge in [0.1, 0.15) is 12.4 Å². The third kappa shape index (κ3) is 4.30. The van der Waals surface area contributed by atoms with Gasteiger partial charge in [-0.3, -0.25) is 4.79 Å². The Labute approximate surface area is 149 Å². The van der Waals surface area contributed by atoms with Crippen molar-refractivity contribution in [2.45, 2.75) is 26.2 Å². The molecule has 1 aromatic carbocycles. The van der Waals surface area contributed by atoms with Crippen LogP contribution in [0.25, 0.3) is 0 Å². The molecule has 0 saturated carbocycles. The lowest BCUT2D eigenvalue weighted by atomic mass is 9.84. The number of hydrogen-bond donors (Lipinski definition) is 1. The fourth-order valence-electron chi connectivity index (χ4n) is 2.68. The molecule has 7 heteroatoms. The third-order valence-corrected chi connectivity index (χ3v) is 4.90. The first-order valence-electron chi connectivity index (χ1n) is 7.65. The van der Waals surface area contributed by atoms with Crippen LogP contribution in [0.15, 0.2) is 29.5 Å². The van der Waals surface area contributed by atoms with Gasteiger partial charge in [0.25, 0.3) is 0 Å². The number of allylic oxidation sites excluding steroid dienone is 1. The number of amides is 1. The van der Waals surface area contributed by atoms with Crippen LogP contribution in [-0.4, -0.2) is 30.0 Å². The molecule has 0 aromatic heterocycles. The number of carbonyl (C=O) groups excluding carboxylic acids is 2. The SMILES string of the molecule is CCSCCOC(=O)C1=C(C)NC(=O)C[C@@H]1c1c(F)cccc1Cl. The van der Waals surface area contributed by atoms with Gasteiger partial charge in [-0.1, -0.05) is 24.6 Å². The van der Waals surface area contributed by atoms with Crippen LogP contribution in [0.3, 0.4) is 0 Å². The molecule has 1 aliphatic heterocycles. The number of hydrogen-bond acceptors (Lipinski definition) is 4. The minimum Gasteiger partial charge on any atom is -0.461 e. The van der Waals surface area contributed by atoms with Crippen LogP contribution in [0.2, 0.25) is 5.02 Å². The molecule has 0 bridgehead atoms. The van der Waals surface area contributed by atoms with E-state index >= 15 is 0 Å². The van der Waals surface area contributed by atoms with Crippen LogP contribution in [0.5, 0.6) is 0 Å². The van der Waals surface area contributed by atoms with Crippen LogP contribution < -0.4 is 5.32 Å². The molecule has 1 atom stereocenters. The molecule has 1 amide bonds. The van der Waals surface area contributed by atoms with E-state index in [9.17, 15) is 14.0 Å². The molecule has 2 rings (SSSR count). The molecule has 130 valence electrons. The summed E-state index contributed by atoms with van der Waals surface area (Å²) in [6.07, 6.45) is -0.0495. The smallest absolute Gasteiger partial charge is 0.336 e. The summed E-state index contributed by atoms with van der Waals surface area (Å²) in [6.45, 7) is 3.89. The second-order valence-electron chi connectivity index (χ2n) is 5.31. The molecule has 0 aliphatic carbocycles. The van der Waals surface area contributed by atoms with Crippen molar-refractivity contribution in [3.63, 3.8) is 0 Å². The summed E-state index contributed by atoms with van der Waals surface area (Å²) in [5.41, 5.74) is 0.787. The average Bonchev–Trinajstić information content (AvgIpc) is 2.50. The van der Waals surface area contributed by atoms with Crippen LogP contribution in [0.1, 0.15) is 31.7 Å². The summed E-state index contributed by atoms with van der Waals surface area (Å²) in [5, 5.41) is 2.81. The van der Waals surface area contributed by atoms with Gasteiger partial charge in [-0.05, 0) is 24.8 Å². The Hall–Kier alpha value is -1.53. The van der Waals surface area contributed by atoms with E-state index in [-0.39, 0.29) is 35.1 Å². The Balaban J connectivity index is 2.32. The Morgan fingerprint density at radius 1 is 1.50 bits per heavy atom. The van der Waals surface area contributed by atoms with Gasteiger partial charge in [0, 0.05) is 34.4 Å². The van der Waals surface area contributed by atoms with Crippen molar-refractivity contribution in [2.24, 2.45) is 0 Å². The fraction of sp³-hybridized carbons (Fsp3) is 0.412. The highest BCUT2D eigenvalue weighted by Crippen LogP contribution is 2.38. The van der Waals surface area contributed by atoms with E-state index in [0.29, 0.717) is 11.4 Å². The molecule has 0 spiro atoms. The van der Waals surface area contributed by atoms with E-state index < -0.39 is 17.7 Å². The minimum atomic E-state index is -0.751. The summed E-state index contributed by atoms with van der Waals surface area (Å²) in [4.78, 5) is 24.4. The number of esters is 1. The van der Waals surface area contributed by atoms with Gasteiger partial charge in [-0.25, -0.2) is 9.18 Å². The maximum Gasteiger partial charge on any atom is 0.336 e. The van der Waals surface area contributed by atoms with Gasteiger partial charge in [0.2, 0.25) is 5.91 Å². The highest BCUT2D eigenvalue weighted by atomic mass is 35.5. The minimum absolute atomic E-state index is 0.0495. The number of rotatable bonds is 6. The number of thioether (sulfide) groups is 1. The zero-order chi connectivity index (χ0) is 17.7. The monoisotopic (exact) mass is 371 g/mol. The largest absolute Gasteiger partial charge is 0.461 e. The van der Waals surface area contributed by atoms with E-state index in [1.165, 1.54) is 12.1 Å². The van der Waals surface area contributed by atoms with E-state index in [1.807, 2.05) is 6.92 Å². The van der Waals surface area contributed by atoms with Crippen LogP contribution in [0.4, 0.5) is 4.39 Å². The summed E-state index contributed by atoms with van der Waals surface area (Å²) < 4.78 is 19.6. The van der Waals surface area contributed by atoms with Crippen molar-refractivity contribution in [1.82, 2.24) is 5.32 Å². The predicted octanol–water partition coefficient (Wildman–Crippen LogP) is 3.65. The first-order chi connectivity index (χ1) is 11.5. The average molecular weight is 372 g/mol. The third-order valence-electron chi connectivity index (χ3n) is 3.70. The predicted molar refractivity (Wildman–Crippen MR) is 93.6 cm³/mol. The van der Waals surface area contributed by atoms with Gasteiger partial charge in [-0.2, -0.15) is 11.8 Å². The fourth-order valence-corrected chi connectivity index (χ4v) is 3.46. The van der Waals surface area contributed by atoms with Crippen LogP contribution in [0, 0.1) is 5.82 Å². The molecular formula is C17H19ClFNO3S. The maximum atomic E-state index is 14.3. The number of ether oxygens (including phenoxy) is 1. The Morgan fingerprint density at radius 3 is 2.92 bits per heavy atom. The van der Waals surface area contributed by atoms with E-state index in [1.54, 1.807) is 24.8 Å². The molecular weight excluding hydrogens is 353 g/mol. The van der Waals surface area contributed by atoms with Gasteiger partial charge in [-0.15, -0.1) is 0 Å². The Morgan fingerprint density at radius 2 is 2.25 bits per heavy atom. The van der Waals surface area contributed by atoms with Gasteiger partial charge < -0.3 is 10.1 Å². The number of halogens is 2. The quantitative estimate of drug-likeness (QED) is 0.612. The lowest BCUT2D eigenvalue weighted by molar-refractivity contribution is -0.139. The number of benzene rings is 1. The zero-order valence-corrected chi connectivity index (χ0v) is 15.1. The van der Waals surface area contributed by atoms with Crippen molar-refractivity contribution >= 4 is 35.2 Å². The standard InChI is InChI=1S/C17H19ClFNO3S/c1-3-24-8-7-23-17(22)15-10(2)20-14(21)9-11(15)16-12(18)5-4-6-13(16)19/h4-6,11H,3,7-9H2,1-2H3,(H,20,21)/t11-/m0/s1. The molecule has 1 heterocycles. The summed E-state index contributed by atoms with van der Waals surface area (Å²) >= 11 is 7.78. The van der Waals surface area contributed by atoms with Crippen molar-refractivity contribution in [3.05, 3.63) is 45.9 Å². The van der Waals surface area contributed by atoms with Gasteiger partial charge in [0.15, 0.2) is 0 Å². The topological polar surface area (TPSA) is 55.4 Å². The Bertz CT molecular complexity index is 658. The summed E-state index contributed by atoms with van der Waals surface area (Å²) in [7, 11) is 0. The van der Waals surface area contributed by atoms with Gasteiger partial charge >= 0.3 is 5.97 Å². The number of carbonyl (C=O) groups is 2. The molecule has 4 nitrogen and oxygen atoms in total. The summed E-state index contributed by atoms with van der Waals surface area (Å²) in [6, 6.07) is 4.30. The van der Waals surface area contributed by atoms with Crippen LogP contribution >= 0.6 is 23.4 Å². The van der Waals surface area contributed by atoms with Crippen molar-refractivity contribution in [1.29, 1.82) is 0 Å². The molecule has 24 heavy (non-hydrogen) atoms. The maximum absolute atomic E-state index is 14.3. The molecule has 0 radical (unpaired) electrons. The van der Waals surface area contributed by atoms with Crippen molar-refractivity contribution in [3.8, 4) is 0 Å². The highest BCUT2D eigenvalue weighted by Gasteiger charge is 2.35. The molecule has 0 fully saturated rings. The first kappa shape index (κ1) is 18.8. The molecule has 1 aromatic rings. The van der Waals surface area contributed by atoms with E-state index in [0.717, 1.165) is 5.75 Å². The number of nitrogens with one attached hydrogen (secondary N) is 1. The normalized spacial score (nSPS) is 17.7. The zero-order valence-electron chi connectivity index (χ0n) is 13.5. The molecule has 0 unspecified atom stereocenters. The molecule has 1 aliphatic rings. The molecule has 0 saturated heterocycles. The highest BCUT2D eigenvalue weighted by molar-refractivity contribution is 7.99. The lowest BCUT2D eigenvalue weighted by Crippen LogP contribution is -2.34. The first-order valence-corrected chi connectivity index (χ1v) is 9.18. The van der Waals surface area contributed by atoms with Crippen LogP contribution in [-0.2, 0) is 14.3 Å². The second-order valence-corrected chi connectivity index (χ2v) is 7.11. The second kappa shape index (κ2) is 8.53. The molecule has 1 N–H and O–H groups in total. The van der Waals surface area contributed by atoms with Crippen molar-refractivity contribution < 1.29 is 18.7 Å². The van der Waals surface area contributed by atoms with Crippen molar-refractivity contribution in [2.75, 3.05) is 18.1 Å². The van der Waals surface area contributed by atoms with E-state index in [2.05, 4.69) is 5.32 Å². The van der Waals surface area contributed by atoms with Gasteiger partial charge in [0.05, 0.1) is 5.57 Å². The lowest BCUT2D eigenvalue weighted by Gasteiger charge is -2.27.